The number of aliphatic hydroxyl groups is 1. The molecule has 1 aromatic heterocycles. The van der Waals surface area contributed by atoms with E-state index in [4.69, 9.17) is 20.8 Å². The molecule has 3 aromatic rings. The lowest BCUT2D eigenvalue weighted by Crippen LogP contribution is -2.38. The molecule has 0 bridgehead atoms. The summed E-state index contributed by atoms with van der Waals surface area (Å²) in [7, 11) is 0. The summed E-state index contributed by atoms with van der Waals surface area (Å²) in [6, 6.07) is 14.7. The SMILES string of the molecule is O=C(NCCNCC(O)COc1ccc2ccc(=O)oc2c1)Nc1cccc(Cl)c1. The van der Waals surface area contributed by atoms with Crippen molar-refractivity contribution in [2.45, 2.75) is 6.10 Å². The van der Waals surface area contributed by atoms with Crippen LogP contribution in [0.4, 0.5) is 10.5 Å². The minimum atomic E-state index is -0.747. The van der Waals surface area contributed by atoms with Crippen molar-refractivity contribution in [3.63, 3.8) is 0 Å². The minimum absolute atomic E-state index is 0.0677. The molecule has 0 aliphatic carbocycles. The van der Waals surface area contributed by atoms with Gasteiger partial charge in [-0.1, -0.05) is 17.7 Å². The maximum Gasteiger partial charge on any atom is 0.336 e. The molecule has 0 radical (unpaired) electrons. The third kappa shape index (κ3) is 6.77. The molecule has 30 heavy (non-hydrogen) atoms. The quantitative estimate of drug-likeness (QED) is 0.306. The number of fused-ring (bicyclic) bond motifs is 1. The van der Waals surface area contributed by atoms with Crippen LogP contribution in [0.25, 0.3) is 11.0 Å². The van der Waals surface area contributed by atoms with E-state index in [1.807, 2.05) is 0 Å². The van der Waals surface area contributed by atoms with Crippen LogP contribution in [0.15, 0.2) is 63.8 Å². The summed E-state index contributed by atoms with van der Waals surface area (Å²) in [4.78, 5) is 23.1. The molecule has 4 N–H and O–H groups in total. The van der Waals surface area contributed by atoms with Gasteiger partial charge in [0.05, 0.1) is 0 Å². The van der Waals surface area contributed by atoms with Gasteiger partial charge in [-0.15, -0.1) is 0 Å². The smallest absolute Gasteiger partial charge is 0.336 e. The summed E-state index contributed by atoms with van der Waals surface area (Å²) in [6.07, 6.45) is -0.747. The summed E-state index contributed by atoms with van der Waals surface area (Å²) in [5, 5.41) is 19.8. The molecule has 1 heterocycles. The zero-order valence-electron chi connectivity index (χ0n) is 16.1. The molecule has 8 nitrogen and oxygen atoms in total. The average molecular weight is 432 g/mol. The number of amides is 2. The number of hydrogen-bond donors (Lipinski definition) is 4. The molecule has 0 saturated carbocycles. The van der Waals surface area contributed by atoms with Gasteiger partial charge in [0.1, 0.15) is 24.0 Å². The molecule has 2 aromatic carbocycles. The van der Waals surface area contributed by atoms with Crippen molar-refractivity contribution in [2.75, 3.05) is 31.6 Å². The van der Waals surface area contributed by atoms with E-state index in [9.17, 15) is 14.7 Å². The van der Waals surface area contributed by atoms with Gasteiger partial charge in [-0.05, 0) is 36.4 Å². The Balaban J connectivity index is 1.32. The molecule has 2 amide bonds. The highest BCUT2D eigenvalue weighted by molar-refractivity contribution is 6.30. The number of ether oxygens (including phenoxy) is 1. The van der Waals surface area contributed by atoms with Crippen LogP contribution >= 0.6 is 11.6 Å². The molecule has 3 rings (SSSR count). The Morgan fingerprint density at radius 2 is 1.97 bits per heavy atom. The Hall–Kier alpha value is -3.07. The first-order chi connectivity index (χ1) is 14.5. The molecule has 0 aliphatic heterocycles. The van der Waals surface area contributed by atoms with E-state index in [0.29, 0.717) is 41.7 Å². The second-order valence-electron chi connectivity index (χ2n) is 6.51. The fraction of sp³-hybridized carbons (Fsp3) is 0.238. The van der Waals surface area contributed by atoms with Crippen molar-refractivity contribution >= 4 is 34.3 Å². The van der Waals surface area contributed by atoms with E-state index in [1.54, 1.807) is 48.5 Å². The van der Waals surface area contributed by atoms with Crippen molar-refractivity contribution in [1.29, 1.82) is 0 Å². The standard InChI is InChI=1S/C21H22ClN3O5/c22-15-2-1-3-16(10-15)25-21(28)24-9-8-23-12-17(26)13-29-18-6-4-14-5-7-20(27)30-19(14)11-18/h1-7,10-11,17,23,26H,8-9,12-13H2,(H2,24,25,28). The molecule has 9 heteroatoms. The van der Waals surface area contributed by atoms with Crippen molar-refractivity contribution < 1.29 is 19.1 Å². The van der Waals surface area contributed by atoms with Crippen LogP contribution in [0.5, 0.6) is 5.75 Å². The summed E-state index contributed by atoms with van der Waals surface area (Å²) >= 11 is 5.87. The molecule has 0 aliphatic rings. The normalized spacial score (nSPS) is 11.8. The molecule has 1 unspecified atom stereocenters. The molecule has 158 valence electrons. The zero-order chi connectivity index (χ0) is 21.3. The highest BCUT2D eigenvalue weighted by Gasteiger charge is 2.07. The molecule has 0 saturated heterocycles. The summed E-state index contributed by atoms with van der Waals surface area (Å²) in [5.41, 5.74) is 0.599. The zero-order valence-corrected chi connectivity index (χ0v) is 16.8. The van der Waals surface area contributed by atoms with Crippen molar-refractivity contribution in [1.82, 2.24) is 10.6 Å². The first kappa shape index (κ1) is 21.6. The van der Waals surface area contributed by atoms with Crippen LogP contribution in [-0.4, -0.2) is 43.5 Å². The summed E-state index contributed by atoms with van der Waals surface area (Å²) < 4.78 is 10.7. The maximum absolute atomic E-state index is 11.8. The number of nitrogens with one attached hydrogen (secondary N) is 3. The molecule has 1 atom stereocenters. The summed E-state index contributed by atoms with van der Waals surface area (Å²) in [5.74, 6) is 0.496. The van der Waals surface area contributed by atoms with Crippen molar-refractivity contribution in [3.8, 4) is 5.75 Å². The fourth-order valence-electron chi connectivity index (χ4n) is 2.66. The third-order valence-corrected chi connectivity index (χ3v) is 4.32. The van der Waals surface area contributed by atoms with Gasteiger partial charge in [-0.25, -0.2) is 9.59 Å². The molecular formula is C21H22ClN3O5. The average Bonchev–Trinajstić information content (AvgIpc) is 2.71. The lowest BCUT2D eigenvalue weighted by atomic mass is 10.2. The number of carbonyl (C=O) groups is 1. The Morgan fingerprint density at radius 3 is 2.80 bits per heavy atom. The Bertz CT molecular complexity index is 1060. The van der Waals surface area contributed by atoms with Crippen LogP contribution in [-0.2, 0) is 0 Å². The Morgan fingerprint density at radius 1 is 1.13 bits per heavy atom. The minimum Gasteiger partial charge on any atom is -0.491 e. The lowest BCUT2D eigenvalue weighted by molar-refractivity contribution is 0.107. The van der Waals surface area contributed by atoms with Crippen LogP contribution < -0.4 is 26.3 Å². The largest absolute Gasteiger partial charge is 0.491 e. The van der Waals surface area contributed by atoms with Crippen LogP contribution in [0.1, 0.15) is 0 Å². The monoisotopic (exact) mass is 431 g/mol. The highest BCUT2D eigenvalue weighted by Crippen LogP contribution is 2.19. The van der Waals surface area contributed by atoms with Gasteiger partial charge in [0, 0.05) is 47.9 Å². The predicted molar refractivity (Wildman–Crippen MR) is 115 cm³/mol. The van der Waals surface area contributed by atoms with E-state index in [2.05, 4.69) is 16.0 Å². The number of halogens is 1. The number of hydrogen-bond acceptors (Lipinski definition) is 6. The van der Waals surface area contributed by atoms with Crippen LogP contribution in [0.2, 0.25) is 5.02 Å². The number of rotatable bonds is 9. The van der Waals surface area contributed by atoms with Crippen LogP contribution in [0, 0.1) is 0 Å². The van der Waals surface area contributed by atoms with E-state index >= 15 is 0 Å². The van der Waals surface area contributed by atoms with Gasteiger partial charge >= 0.3 is 11.7 Å². The first-order valence-electron chi connectivity index (χ1n) is 9.35. The first-order valence-corrected chi connectivity index (χ1v) is 9.73. The Kier molecular flexibility index (Phi) is 7.67. The number of benzene rings is 2. The van der Waals surface area contributed by atoms with Gasteiger partial charge in [0.2, 0.25) is 0 Å². The highest BCUT2D eigenvalue weighted by atomic mass is 35.5. The van der Waals surface area contributed by atoms with Crippen LogP contribution in [0.3, 0.4) is 0 Å². The van der Waals surface area contributed by atoms with E-state index < -0.39 is 11.7 Å². The van der Waals surface area contributed by atoms with E-state index in [0.717, 1.165) is 5.39 Å². The lowest BCUT2D eigenvalue weighted by Gasteiger charge is -2.14. The maximum atomic E-state index is 11.8. The number of anilines is 1. The van der Waals surface area contributed by atoms with Crippen molar-refractivity contribution in [3.05, 3.63) is 70.0 Å². The number of urea groups is 1. The summed E-state index contributed by atoms with van der Waals surface area (Å²) in [6.45, 7) is 1.21. The van der Waals surface area contributed by atoms with Gasteiger partial charge in [0.25, 0.3) is 0 Å². The van der Waals surface area contributed by atoms with E-state index in [1.165, 1.54) is 6.07 Å². The van der Waals surface area contributed by atoms with Gasteiger partial charge in [-0.2, -0.15) is 0 Å². The number of aliphatic hydroxyl groups excluding tert-OH is 1. The predicted octanol–water partition coefficient (Wildman–Crippen LogP) is 2.60. The molecule has 0 spiro atoms. The van der Waals surface area contributed by atoms with Gasteiger partial charge < -0.3 is 30.2 Å². The third-order valence-electron chi connectivity index (χ3n) is 4.09. The van der Waals surface area contributed by atoms with E-state index in [-0.39, 0.29) is 12.6 Å². The Labute approximate surface area is 177 Å². The number of carbonyl (C=O) groups excluding carboxylic acids is 1. The second-order valence-corrected chi connectivity index (χ2v) is 6.95. The molecular weight excluding hydrogens is 410 g/mol. The molecule has 0 fully saturated rings. The van der Waals surface area contributed by atoms with Crippen molar-refractivity contribution in [2.24, 2.45) is 0 Å². The second kappa shape index (κ2) is 10.6. The fourth-order valence-corrected chi connectivity index (χ4v) is 2.85. The van der Waals surface area contributed by atoms with Gasteiger partial charge in [-0.3, -0.25) is 0 Å². The topological polar surface area (TPSA) is 113 Å². The van der Waals surface area contributed by atoms with Gasteiger partial charge in [0.15, 0.2) is 0 Å².